The van der Waals surface area contributed by atoms with Gasteiger partial charge in [-0.1, -0.05) is 49.7 Å². The standard InChI is InChI=1S/C23H28N4O3S/c1-16(2)22-20(15-25-27(22)19-12-10-17(3)11-13-19)23(28)24-14-18-8-6-7-9-21(18)31(29,30)26(4)5/h6-13,15-16H,14H2,1-5H3,(H,24,28). The number of sulfonamides is 1. The second-order valence-electron chi connectivity index (χ2n) is 7.92. The molecule has 0 atom stereocenters. The summed E-state index contributed by atoms with van der Waals surface area (Å²) in [5.41, 5.74) is 3.84. The molecule has 0 fully saturated rings. The summed E-state index contributed by atoms with van der Waals surface area (Å²) in [5, 5.41) is 7.31. The Kier molecular flexibility index (Phi) is 6.62. The zero-order chi connectivity index (χ0) is 22.8. The van der Waals surface area contributed by atoms with E-state index in [1.54, 1.807) is 35.1 Å². The molecule has 164 valence electrons. The number of nitrogens with one attached hydrogen (secondary N) is 1. The minimum atomic E-state index is -3.61. The summed E-state index contributed by atoms with van der Waals surface area (Å²) < 4.78 is 28.1. The molecule has 1 heterocycles. The minimum Gasteiger partial charge on any atom is -0.348 e. The highest BCUT2D eigenvalue weighted by Crippen LogP contribution is 2.24. The SMILES string of the molecule is Cc1ccc(-n2ncc(C(=O)NCc3ccccc3S(=O)(=O)N(C)C)c2C(C)C)cc1. The minimum absolute atomic E-state index is 0.0611. The predicted octanol–water partition coefficient (Wildman–Crippen LogP) is 3.48. The molecule has 1 aromatic heterocycles. The van der Waals surface area contributed by atoms with Crippen molar-refractivity contribution in [3.63, 3.8) is 0 Å². The monoisotopic (exact) mass is 440 g/mol. The molecule has 31 heavy (non-hydrogen) atoms. The largest absolute Gasteiger partial charge is 0.348 e. The Labute approximate surface area is 183 Å². The van der Waals surface area contributed by atoms with E-state index in [0.717, 1.165) is 21.2 Å². The normalized spacial score (nSPS) is 11.8. The van der Waals surface area contributed by atoms with Crippen LogP contribution in [-0.4, -0.2) is 42.5 Å². The van der Waals surface area contributed by atoms with Crippen molar-refractivity contribution in [1.29, 1.82) is 0 Å². The Bertz CT molecular complexity index is 1180. The number of hydrogen-bond donors (Lipinski definition) is 1. The van der Waals surface area contributed by atoms with Crippen LogP contribution in [0.25, 0.3) is 5.69 Å². The van der Waals surface area contributed by atoms with Crippen molar-refractivity contribution < 1.29 is 13.2 Å². The average molecular weight is 441 g/mol. The number of carbonyl (C=O) groups is 1. The van der Waals surface area contributed by atoms with Gasteiger partial charge in [0.25, 0.3) is 5.91 Å². The zero-order valence-corrected chi connectivity index (χ0v) is 19.3. The van der Waals surface area contributed by atoms with Crippen LogP contribution in [0.1, 0.15) is 46.9 Å². The summed E-state index contributed by atoms with van der Waals surface area (Å²) in [6.07, 6.45) is 1.56. The Hall–Kier alpha value is -2.97. The molecule has 0 saturated carbocycles. The quantitative estimate of drug-likeness (QED) is 0.610. The zero-order valence-electron chi connectivity index (χ0n) is 18.5. The van der Waals surface area contributed by atoms with E-state index in [1.807, 2.05) is 45.0 Å². The molecule has 0 unspecified atom stereocenters. The average Bonchev–Trinajstić information content (AvgIpc) is 3.18. The molecule has 1 amide bonds. The van der Waals surface area contributed by atoms with Gasteiger partial charge in [-0.3, -0.25) is 4.79 Å². The van der Waals surface area contributed by atoms with E-state index in [4.69, 9.17) is 0 Å². The molecule has 3 rings (SSSR count). The molecule has 0 aliphatic carbocycles. The number of amides is 1. The number of aromatic nitrogens is 2. The van der Waals surface area contributed by atoms with Crippen molar-refractivity contribution in [2.24, 2.45) is 0 Å². The number of carbonyl (C=O) groups excluding carboxylic acids is 1. The first-order valence-electron chi connectivity index (χ1n) is 10.1. The molecule has 0 aliphatic rings. The Balaban J connectivity index is 1.88. The van der Waals surface area contributed by atoms with Crippen molar-refractivity contribution >= 4 is 15.9 Å². The van der Waals surface area contributed by atoms with E-state index in [0.29, 0.717) is 11.1 Å². The third kappa shape index (κ3) is 4.70. The number of benzene rings is 2. The summed E-state index contributed by atoms with van der Waals surface area (Å²) in [5.74, 6) is -0.231. The van der Waals surface area contributed by atoms with Crippen LogP contribution in [0.15, 0.2) is 59.6 Å². The van der Waals surface area contributed by atoms with Crippen molar-refractivity contribution in [3.8, 4) is 5.69 Å². The predicted molar refractivity (Wildman–Crippen MR) is 121 cm³/mol. The lowest BCUT2D eigenvalue weighted by Crippen LogP contribution is -2.27. The molecule has 0 aliphatic heterocycles. The van der Waals surface area contributed by atoms with Crippen LogP contribution >= 0.6 is 0 Å². The van der Waals surface area contributed by atoms with Crippen LogP contribution in [0.4, 0.5) is 0 Å². The maximum atomic E-state index is 13.0. The molecular formula is C23H28N4O3S. The highest BCUT2D eigenvalue weighted by Gasteiger charge is 2.23. The molecular weight excluding hydrogens is 412 g/mol. The molecule has 7 nitrogen and oxygen atoms in total. The van der Waals surface area contributed by atoms with Crippen LogP contribution in [0, 0.1) is 6.92 Å². The summed E-state index contributed by atoms with van der Waals surface area (Å²) >= 11 is 0. The van der Waals surface area contributed by atoms with Gasteiger partial charge in [0.05, 0.1) is 28.0 Å². The molecule has 3 aromatic rings. The van der Waals surface area contributed by atoms with Crippen LogP contribution < -0.4 is 5.32 Å². The summed E-state index contributed by atoms with van der Waals surface area (Å²) in [7, 11) is -0.641. The van der Waals surface area contributed by atoms with Gasteiger partial charge in [-0.05, 0) is 36.6 Å². The van der Waals surface area contributed by atoms with Gasteiger partial charge in [0, 0.05) is 20.6 Å². The Morgan fingerprint density at radius 1 is 1.10 bits per heavy atom. The van der Waals surface area contributed by atoms with E-state index in [9.17, 15) is 13.2 Å². The smallest absolute Gasteiger partial charge is 0.255 e. The second-order valence-corrected chi connectivity index (χ2v) is 10.0. The topological polar surface area (TPSA) is 84.3 Å². The van der Waals surface area contributed by atoms with E-state index in [-0.39, 0.29) is 23.3 Å². The first-order chi connectivity index (χ1) is 14.6. The van der Waals surface area contributed by atoms with Gasteiger partial charge in [0.2, 0.25) is 10.0 Å². The van der Waals surface area contributed by atoms with Gasteiger partial charge in [0.15, 0.2) is 0 Å². The Morgan fingerprint density at radius 2 is 1.74 bits per heavy atom. The van der Waals surface area contributed by atoms with Crippen molar-refractivity contribution in [3.05, 3.63) is 77.1 Å². The van der Waals surface area contributed by atoms with Gasteiger partial charge >= 0.3 is 0 Å². The van der Waals surface area contributed by atoms with Crippen LogP contribution in [0.3, 0.4) is 0 Å². The van der Waals surface area contributed by atoms with Gasteiger partial charge in [-0.25, -0.2) is 17.4 Å². The highest BCUT2D eigenvalue weighted by atomic mass is 32.2. The first kappa shape index (κ1) is 22.7. The second kappa shape index (κ2) is 9.03. The molecule has 2 aromatic carbocycles. The molecule has 0 spiro atoms. The number of rotatable bonds is 7. The lowest BCUT2D eigenvalue weighted by Gasteiger charge is -2.16. The maximum absolute atomic E-state index is 13.0. The maximum Gasteiger partial charge on any atom is 0.255 e. The van der Waals surface area contributed by atoms with Crippen molar-refractivity contribution in [2.45, 2.75) is 38.1 Å². The first-order valence-corrected chi connectivity index (χ1v) is 11.5. The van der Waals surface area contributed by atoms with Gasteiger partial charge in [0.1, 0.15) is 0 Å². The van der Waals surface area contributed by atoms with Gasteiger partial charge < -0.3 is 5.32 Å². The number of nitrogens with zero attached hydrogens (tertiary/aromatic N) is 3. The molecule has 1 N–H and O–H groups in total. The lowest BCUT2D eigenvalue weighted by molar-refractivity contribution is 0.0949. The number of aryl methyl sites for hydroxylation is 1. The van der Waals surface area contributed by atoms with Crippen molar-refractivity contribution in [1.82, 2.24) is 19.4 Å². The fourth-order valence-electron chi connectivity index (χ4n) is 3.35. The number of hydrogen-bond acceptors (Lipinski definition) is 4. The Morgan fingerprint density at radius 3 is 2.35 bits per heavy atom. The fraction of sp³-hybridized carbons (Fsp3) is 0.304. The third-order valence-electron chi connectivity index (χ3n) is 5.05. The van der Waals surface area contributed by atoms with E-state index in [2.05, 4.69) is 10.4 Å². The van der Waals surface area contributed by atoms with Crippen LogP contribution in [0.2, 0.25) is 0 Å². The summed E-state index contributed by atoms with van der Waals surface area (Å²) in [6.45, 7) is 6.13. The fourth-order valence-corrected chi connectivity index (χ4v) is 4.46. The lowest BCUT2D eigenvalue weighted by atomic mass is 10.0. The van der Waals surface area contributed by atoms with E-state index < -0.39 is 10.0 Å². The summed E-state index contributed by atoms with van der Waals surface area (Å²) in [4.78, 5) is 13.2. The van der Waals surface area contributed by atoms with Gasteiger partial charge in [-0.15, -0.1) is 0 Å². The van der Waals surface area contributed by atoms with Crippen LogP contribution in [-0.2, 0) is 16.6 Å². The molecule has 0 radical (unpaired) electrons. The molecule has 0 saturated heterocycles. The van der Waals surface area contributed by atoms with E-state index in [1.165, 1.54) is 14.1 Å². The third-order valence-corrected chi connectivity index (χ3v) is 6.96. The molecule has 0 bridgehead atoms. The summed E-state index contributed by atoms with van der Waals surface area (Å²) in [6, 6.07) is 14.6. The highest BCUT2D eigenvalue weighted by molar-refractivity contribution is 7.89. The molecule has 8 heteroatoms. The van der Waals surface area contributed by atoms with Crippen molar-refractivity contribution in [2.75, 3.05) is 14.1 Å². The van der Waals surface area contributed by atoms with Crippen LogP contribution in [0.5, 0.6) is 0 Å². The van der Waals surface area contributed by atoms with Gasteiger partial charge in [-0.2, -0.15) is 5.10 Å². The van der Waals surface area contributed by atoms with E-state index >= 15 is 0 Å².